The zero-order valence-electron chi connectivity index (χ0n) is 19.3. The van der Waals surface area contributed by atoms with Crippen LogP contribution < -0.4 is 20.4 Å². The van der Waals surface area contributed by atoms with E-state index < -0.39 is 17.5 Å². The van der Waals surface area contributed by atoms with Gasteiger partial charge in [0.1, 0.15) is 22.6 Å². The molecule has 7 heteroatoms. The Morgan fingerprint density at radius 1 is 1.06 bits per heavy atom. The van der Waals surface area contributed by atoms with E-state index in [0.717, 1.165) is 37.0 Å². The summed E-state index contributed by atoms with van der Waals surface area (Å²) < 4.78 is 16.4. The number of hydrogen-bond donors (Lipinski definition) is 1. The Labute approximate surface area is 198 Å². The lowest BCUT2D eigenvalue weighted by Gasteiger charge is -2.22. The molecule has 0 aliphatic heterocycles. The number of aryl methyl sites for hydroxylation is 1. The predicted molar refractivity (Wildman–Crippen MR) is 128 cm³/mol. The minimum atomic E-state index is -0.711. The minimum Gasteiger partial charge on any atom is -0.493 e. The molecule has 3 aromatic rings. The molecule has 0 spiro atoms. The fourth-order valence-corrected chi connectivity index (χ4v) is 4.12. The second-order valence-corrected chi connectivity index (χ2v) is 8.65. The van der Waals surface area contributed by atoms with Crippen molar-refractivity contribution in [2.24, 2.45) is 0 Å². The van der Waals surface area contributed by atoms with Crippen LogP contribution in [-0.2, 0) is 4.79 Å². The van der Waals surface area contributed by atoms with Crippen LogP contribution in [0.2, 0.25) is 0 Å². The molecule has 1 aliphatic carbocycles. The fourth-order valence-electron chi connectivity index (χ4n) is 4.12. The Balaban J connectivity index is 1.33. The van der Waals surface area contributed by atoms with Crippen molar-refractivity contribution in [1.82, 2.24) is 5.32 Å². The monoisotopic (exact) mass is 463 g/mol. The summed E-state index contributed by atoms with van der Waals surface area (Å²) in [6, 6.07) is 14.1. The highest BCUT2D eigenvalue weighted by atomic mass is 16.5. The van der Waals surface area contributed by atoms with Gasteiger partial charge in [0.2, 0.25) is 0 Å². The van der Waals surface area contributed by atoms with Gasteiger partial charge in [-0.1, -0.05) is 37.5 Å². The molecule has 1 saturated carbocycles. The molecule has 178 valence electrons. The van der Waals surface area contributed by atoms with Gasteiger partial charge in [0.15, 0.2) is 0 Å². The second-order valence-electron chi connectivity index (χ2n) is 8.65. The van der Waals surface area contributed by atoms with E-state index in [1.165, 1.54) is 18.6 Å². The zero-order valence-corrected chi connectivity index (χ0v) is 19.3. The van der Waals surface area contributed by atoms with Gasteiger partial charge in [-0.2, -0.15) is 0 Å². The van der Waals surface area contributed by atoms with Crippen LogP contribution in [0.25, 0.3) is 11.0 Å². The Morgan fingerprint density at radius 2 is 1.85 bits per heavy atom. The molecular formula is C27H29NO6. The Kier molecular flexibility index (Phi) is 7.62. The summed E-state index contributed by atoms with van der Waals surface area (Å²) in [7, 11) is 0. The zero-order chi connectivity index (χ0) is 23.9. The third kappa shape index (κ3) is 6.04. The Morgan fingerprint density at radius 3 is 2.65 bits per heavy atom. The minimum absolute atomic E-state index is 0.0172. The molecule has 0 bridgehead atoms. The molecule has 0 saturated heterocycles. The number of amides is 1. The van der Waals surface area contributed by atoms with E-state index in [-0.39, 0.29) is 29.4 Å². The van der Waals surface area contributed by atoms with Crippen LogP contribution in [0.5, 0.6) is 11.5 Å². The van der Waals surface area contributed by atoms with E-state index in [2.05, 4.69) is 5.32 Å². The molecule has 4 rings (SSSR count). The van der Waals surface area contributed by atoms with Crippen LogP contribution in [0, 0.1) is 6.92 Å². The van der Waals surface area contributed by atoms with Gasteiger partial charge in [-0.05, 0) is 56.0 Å². The highest BCUT2D eigenvalue weighted by molar-refractivity contribution is 5.97. The van der Waals surface area contributed by atoms with Crippen molar-refractivity contribution in [2.45, 2.75) is 57.9 Å². The van der Waals surface area contributed by atoms with Crippen LogP contribution in [0.3, 0.4) is 0 Å². The molecule has 1 heterocycles. The van der Waals surface area contributed by atoms with E-state index >= 15 is 0 Å². The first-order chi connectivity index (χ1) is 16.5. The number of nitrogens with one attached hydrogen (secondary N) is 1. The largest absolute Gasteiger partial charge is 0.493 e. The van der Waals surface area contributed by atoms with Crippen LogP contribution in [0.4, 0.5) is 0 Å². The van der Waals surface area contributed by atoms with Crippen molar-refractivity contribution in [2.75, 3.05) is 6.61 Å². The number of para-hydroxylation sites is 1. The van der Waals surface area contributed by atoms with Gasteiger partial charge in [-0.3, -0.25) is 9.59 Å². The molecule has 1 N–H and O–H groups in total. The molecule has 1 amide bonds. The second kappa shape index (κ2) is 11.0. The first-order valence-electron chi connectivity index (χ1n) is 11.8. The summed E-state index contributed by atoms with van der Waals surface area (Å²) in [4.78, 5) is 37.2. The van der Waals surface area contributed by atoms with Crippen LogP contribution >= 0.6 is 0 Å². The van der Waals surface area contributed by atoms with E-state index in [9.17, 15) is 14.4 Å². The quantitative estimate of drug-likeness (QED) is 0.220. The van der Waals surface area contributed by atoms with Gasteiger partial charge in [0.25, 0.3) is 5.91 Å². The first kappa shape index (κ1) is 23.5. The molecule has 7 nitrogen and oxygen atoms in total. The number of hydrogen-bond acceptors (Lipinski definition) is 6. The molecule has 34 heavy (non-hydrogen) atoms. The highest BCUT2D eigenvalue weighted by Gasteiger charge is 2.20. The summed E-state index contributed by atoms with van der Waals surface area (Å²) >= 11 is 0. The maximum absolute atomic E-state index is 12.6. The number of rotatable bonds is 8. The van der Waals surface area contributed by atoms with Crippen LogP contribution in [-0.4, -0.2) is 24.5 Å². The summed E-state index contributed by atoms with van der Waals surface area (Å²) in [5.74, 6) is 0.261. The molecular weight excluding hydrogens is 434 g/mol. The summed E-state index contributed by atoms with van der Waals surface area (Å²) in [6.07, 6.45) is 5.90. The predicted octanol–water partition coefficient (Wildman–Crippen LogP) is 4.93. The van der Waals surface area contributed by atoms with Crippen molar-refractivity contribution in [3.8, 4) is 11.5 Å². The topological polar surface area (TPSA) is 94.8 Å². The van der Waals surface area contributed by atoms with Gasteiger partial charge in [-0.15, -0.1) is 0 Å². The Hall–Kier alpha value is -3.61. The van der Waals surface area contributed by atoms with Crippen LogP contribution in [0.1, 0.15) is 60.9 Å². The SMILES string of the molecule is Cc1ccccc1OCCCC(=O)Oc1ccc2cc(C(=O)NC3CCCCC3)c(=O)oc2c1. The average molecular weight is 464 g/mol. The van der Waals surface area contributed by atoms with Crippen molar-refractivity contribution >= 4 is 22.8 Å². The van der Waals surface area contributed by atoms with Crippen molar-refractivity contribution in [1.29, 1.82) is 0 Å². The maximum Gasteiger partial charge on any atom is 0.349 e. The van der Waals surface area contributed by atoms with Crippen molar-refractivity contribution < 1.29 is 23.5 Å². The lowest BCUT2D eigenvalue weighted by atomic mass is 9.95. The molecule has 0 radical (unpaired) electrons. The van der Waals surface area contributed by atoms with Crippen molar-refractivity contribution in [3.05, 3.63) is 70.1 Å². The van der Waals surface area contributed by atoms with Gasteiger partial charge in [0.05, 0.1) is 6.61 Å². The molecule has 2 aromatic carbocycles. The number of esters is 1. The van der Waals surface area contributed by atoms with Crippen molar-refractivity contribution in [3.63, 3.8) is 0 Å². The van der Waals surface area contributed by atoms with E-state index in [1.54, 1.807) is 12.1 Å². The van der Waals surface area contributed by atoms with E-state index in [0.29, 0.717) is 18.4 Å². The lowest BCUT2D eigenvalue weighted by molar-refractivity contribution is -0.134. The summed E-state index contributed by atoms with van der Waals surface area (Å²) in [6.45, 7) is 2.37. The third-order valence-corrected chi connectivity index (χ3v) is 6.00. The molecule has 1 aromatic heterocycles. The summed E-state index contributed by atoms with van der Waals surface area (Å²) in [5.41, 5.74) is 0.568. The average Bonchev–Trinajstić information content (AvgIpc) is 2.83. The fraction of sp³-hybridized carbons (Fsp3) is 0.370. The third-order valence-electron chi connectivity index (χ3n) is 6.00. The molecule has 1 fully saturated rings. The number of fused-ring (bicyclic) bond motifs is 1. The van der Waals surface area contributed by atoms with Gasteiger partial charge >= 0.3 is 11.6 Å². The van der Waals surface area contributed by atoms with Gasteiger partial charge in [0, 0.05) is 23.9 Å². The number of carbonyl (C=O) groups is 2. The maximum atomic E-state index is 12.6. The lowest BCUT2D eigenvalue weighted by Crippen LogP contribution is -2.38. The van der Waals surface area contributed by atoms with Gasteiger partial charge in [-0.25, -0.2) is 4.79 Å². The van der Waals surface area contributed by atoms with Crippen LogP contribution in [0.15, 0.2) is 57.7 Å². The standard InChI is InChI=1S/C27H29NO6/c1-18-8-5-6-11-23(18)32-15-7-12-25(29)33-21-14-13-19-16-22(27(31)34-24(19)17-21)26(30)28-20-9-3-2-4-10-20/h5-6,8,11,13-14,16-17,20H,2-4,7,9-10,12,15H2,1H3,(H,28,30). The molecule has 0 unspecified atom stereocenters. The number of benzene rings is 2. The highest BCUT2D eigenvalue weighted by Crippen LogP contribution is 2.22. The number of ether oxygens (including phenoxy) is 2. The smallest absolute Gasteiger partial charge is 0.349 e. The normalized spacial score (nSPS) is 14.0. The van der Waals surface area contributed by atoms with E-state index in [4.69, 9.17) is 13.9 Å². The Bertz CT molecular complexity index is 1230. The van der Waals surface area contributed by atoms with Gasteiger partial charge < -0.3 is 19.2 Å². The first-order valence-corrected chi connectivity index (χ1v) is 11.8. The molecule has 0 atom stereocenters. The number of carbonyl (C=O) groups excluding carboxylic acids is 2. The molecule has 1 aliphatic rings. The van der Waals surface area contributed by atoms with E-state index in [1.807, 2.05) is 31.2 Å². The summed E-state index contributed by atoms with van der Waals surface area (Å²) in [5, 5.41) is 3.52.